The third kappa shape index (κ3) is 2.96. The second-order valence-corrected chi connectivity index (χ2v) is 4.35. The fourth-order valence-corrected chi connectivity index (χ4v) is 1.95. The Morgan fingerprint density at radius 2 is 2.13 bits per heavy atom. The molecule has 0 bridgehead atoms. The molecule has 1 aliphatic rings. The van der Waals surface area contributed by atoms with Gasteiger partial charge in [0.25, 0.3) is 0 Å². The lowest BCUT2D eigenvalue weighted by atomic mass is 10.0. The summed E-state index contributed by atoms with van der Waals surface area (Å²) in [6.07, 6.45) is 4.03. The van der Waals surface area contributed by atoms with Crippen LogP contribution in [-0.2, 0) is 6.42 Å². The van der Waals surface area contributed by atoms with Crippen LogP contribution in [0.5, 0.6) is 5.75 Å². The van der Waals surface area contributed by atoms with Gasteiger partial charge in [0.15, 0.2) is 0 Å². The first-order valence-corrected chi connectivity index (χ1v) is 5.59. The quantitative estimate of drug-likeness (QED) is 0.801. The summed E-state index contributed by atoms with van der Waals surface area (Å²) in [7, 11) is 1.67. The first kappa shape index (κ1) is 10.5. The van der Waals surface area contributed by atoms with Crippen LogP contribution in [-0.4, -0.2) is 18.3 Å². The molecule has 1 saturated carbocycles. The highest BCUT2D eigenvalue weighted by molar-refractivity contribution is 5.33. The summed E-state index contributed by atoms with van der Waals surface area (Å²) in [6.45, 7) is 0. The number of benzene rings is 1. The van der Waals surface area contributed by atoms with Crippen LogP contribution in [0.2, 0.25) is 0 Å². The minimum Gasteiger partial charge on any atom is -0.496 e. The van der Waals surface area contributed by atoms with Gasteiger partial charge >= 0.3 is 0 Å². The summed E-state index contributed by atoms with van der Waals surface area (Å²) >= 11 is 0. The van der Waals surface area contributed by atoms with E-state index in [1.165, 1.54) is 12.8 Å². The average Bonchev–Trinajstić information content (AvgIpc) is 3.02. The van der Waals surface area contributed by atoms with Crippen molar-refractivity contribution in [2.75, 3.05) is 7.11 Å². The Bertz CT molecular complexity index is 318. The van der Waals surface area contributed by atoms with Crippen molar-refractivity contribution in [3.8, 4) is 5.75 Å². The fourth-order valence-electron chi connectivity index (χ4n) is 1.95. The number of aliphatic hydroxyl groups excluding tert-OH is 1. The smallest absolute Gasteiger partial charge is 0.122 e. The second-order valence-electron chi connectivity index (χ2n) is 4.35. The van der Waals surface area contributed by atoms with Gasteiger partial charge < -0.3 is 9.84 Å². The van der Waals surface area contributed by atoms with Crippen molar-refractivity contribution in [1.82, 2.24) is 0 Å². The Hall–Kier alpha value is -1.02. The predicted octanol–water partition coefficient (Wildman–Crippen LogP) is 2.40. The Balaban J connectivity index is 1.95. The zero-order valence-corrected chi connectivity index (χ0v) is 9.15. The predicted molar refractivity (Wildman–Crippen MR) is 60.0 cm³/mol. The van der Waals surface area contributed by atoms with Gasteiger partial charge in [0, 0.05) is 6.42 Å². The van der Waals surface area contributed by atoms with E-state index >= 15 is 0 Å². The summed E-state index contributed by atoms with van der Waals surface area (Å²) in [5, 5.41) is 9.88. The molecule has 0 aromatic heterocycles. The number of hydrogen-bond acceptors (Lipinski definition) is 2. The highest BCUT2D eigenvalue weighted by Gasteiger charge is 2.24. The molecule has 0 aliphatic heterocycles. The van der Waals surface area contributed by atoms with Gasteiger partial charge in [0.2, 0.25) is 0 Å². The summed E-state index contributed by atoms with van der Waals surface area (Å²) in [5.74, 6) is 1.65. The molecule has 1 aliphatic carbocycles. The van der Waals surface area contributed by atoms with Crippen LogP contribution in [0, 0.1) is 5.92 Å². The molecule has 1 N–H and O–H groups in total. The monoisotopic (exact) mass is 206 g/mol. The van der Waals surface area contributed by atoms with E-state index in [1.54, 1.807) is 7.11 Å². The molecule has 2 nitrogen and oxygen atoms in total. The zero-order chi connectivity index (χ0) is 10.7. The molecule has 1 unspecified atom stereocenters. The molecule has 82 valence electrons. The number of ether oxygens (including phenoxy) is 1. The topological polar surface area (TPSA) is 29.5 Å². The number of aliphatic hydroxyl groups is 1. The summed E-state index contributed by atoms with van der Waals surface area (Å²) in [4.78, 5) is 0. The molecule has 0 amide bonds. The normalized spacial score (nSPS) is 17.5. The van der Waals surface area contributed by atoms with Crippen molar-refractivity contribution >= 4 is 0 Å². The van der Waals surface area contributed by atoms with Crippen molar-refractivity contribution in [2.24, 2.45) is 5.92 Å². The molecule has 2 rings (SSSR count). The molecular weight excluding hydrogens is 188 g/mol. The molecule has 2 heteroatoms. The van der Waals surface area contributed by atoms with Crippen LogP contribution >= 0.6 is 0 Å². The van der Waals surface area contributed by atoms with Crippen molar-refractivity contribution in [2.45, 2.75) is 31.8 Å². The molecule has 15 heavy (non-hydrogen) atoms. The highest BCUT2D eigenvalue weighted by atomic mass is 16.5. The van der Waals surface area contributed by atoms with E-state index in [0.29, 0.717) is 6.42 Å². The third-order valence-corrected chi connectivity index (χ3v) is 2.95. The molecule has 1 aromatic carbocycles. The SMILES string of the molecule is COc1ccccc1CC(O)CC1CC1. The number of hydrogen-bond donors (Lipinski definition) is 1. The van der Waals surface area contributed by atoms with Crippen LogP contribution < -0.4 is 4.74 Å². The Morgan fingerprint density at radius 3 is 2.80 bits per heavy atom. The molecule has 1 atom stereocenters. The zero-order valence-electron chi connectivity index (χ0n) is 9.15. The number of rotatable bonds is 5. The molecule has 1 aromatic rings. The van der Waals surface area contributed by atoms with Gasteiger partial charge in [0.1, 0.15) is 5.75 Å². The maximum atomic E-state index is 9.88. The lowest BCUT2D eigenvalue weighted by Gasteiger charge is -2.12. The van der Waals surface area contributed by atoms with Gasteiger partial charge in [-0.25, -0.2) is 0 Å². The van der Waals surface area contributed by atoms with E-state index in [1.807, 2.05) is 24.3 Å². The van der Waals surface area contributed by atoms with Gasteiger partial charge in [-0.1, -0.05) is 31.0 Å². The first-order chi connectivity index (χ1) is 7.29. The minimum absolute atomic E-state index is 0.214. The van der Waals surface area contributed by atoms with E-state index < -0.39 is 0 Å². The molecule has 0 radical (unpaired) electrons. The fraction of sp³-hybridized carbons (Fsp3) is 0.538. The maximum Gasteiger partial charge on any atom is 0.122 e. The molecular formula is C13H18O2. The van der Waals surface area contributed by atoms with Crippen molar-refractivity contribution < 1.29 is 9.84 Å². The maximum absolute atomic E-state index is 9.88. The molecule has 0 spiro atoms. The van der Waals surface area contributed by atoms with Crippen LogP contribution in [0.1, 0.15) is 24.8 Å². The third-order valence-electron chi connectivity index (χ3n) is 2.95. The van der Waals surface area contributed by atoms with Crippen molar-refractivity contribution in [3.05, 3.63) is 29.8 Å². The molecule has 1 fully saturated rings. The second kappa shape index (κ2) is 4.67. The van der Waals surface area contributed by atoms with Gasteiger partial charge in [-0.2, -0.15) is 0 Å². The first-order valence-electron chi connectivity index (χ1n) is 5.59. The van der Waals surface area contributed by atoms with E-state index in [2.05, 4.69) is 0 Å². The van der Waals surface area contributed by atoms with Gasteiger partial charge in [-0.05, 0) is 24.0 Å². The molecule has 0 heterocycles. The minimum atomic E-state index is -0.214. The number of para-hydroxylation sites is 1. The van der Waals surface area contributed by atoms with E-state index in [-0.39, 0.29) is 6.10 Å². The van der Waals surface area contributed by atoms with E-state index in [4.69, 9.17) is 4.74 Å². The summed E-state index contributed by atoms with van der Waals surface area (Å²) < 4.78 is 5.26. The van der Waals surface area contributed by atoms with Gasteiger partial charge in [-0.3, -0.25) is 0 Å². The Labute approximate surface area is 90.9 Å². The molecule has 0 saturated heterocycles. The van der Waals surface area contributed by atoms with Crippen molar-refractivity contribution in [1.29, 1.82) is 0 Å². The van der Waals surface area contributed by atoms with Crippen LogP contribution in [0.15, 0.2) is 24.3 Å². The summed E-state index contributed by atoms with van der Waals surface area (Å²) in [5.41, 5.74) is 1.10. The van der Waals surface area contributed by atoms with Crippen LogP contribution in [0.3, 0.4) is 0 Å². The summed E-state index contributed by atoms with van der Waals surface area (Å²) in [6, 6.07) is 7.91. The average molecular weight is 206 g/mol. The van der Waals surface area contributed by atoms with Crippen LogP contribution in [0.25, 0.3) is 0 Å². The van der Waals surface area contributed by atoms with Crippen molar-refractivity contribution in [3.63, 3.8) is 0 Å². The number of methoxy groups -OCH3 is 1. The van der Waals surface area contributed by atoms with Gasteiger partial charge in [-0.15, -0.1) is 0 Å². The van der Waals surface area contributed by atoms with Crippen LogP contribution in [0.4, 0.5) is 0 Å². The lowest BCUT2D eigenvalue weighted by molar-refractivity contribution is 0.157. The Morgan fingerprint density at radius 1 is 1.40 bits per heavy atom. The standard InChI is InChI=1S/C13H18O2/c1-15-13-5-3-2-4-11(13)9-12(14)8-10-6-7-10/h2-5,10,12,14H,6-9H2,1H3. The highest BCUT2D eigenvalue weighted by Crippen LogP contribution is 2.34. The van der Waals surface area contributed by atoms with E-state index in [0.717, 1.165) is 23.7 Å². The van der Waals surface area contributed by atoms with Gasteiger partial charge in [0.05, 0.1) is 13.2 Å². The lowest BCUT2D eigenvalue weighted by Crippen LogP contribution is -2.11. The Kier molecular flexibility index (Phi) is 3.27. The largest absolute Gasteiger partial charge is 0.496 e. The van der Waals surface area contributed by atoms with E-state index in [9.17, 15) is 5.11 Å².